The molecule has 0 aliphatic heterocycles. The smallest absolute Gasteiger partial charge is 0.193 e. The summed E-state index contributed by atoms with van der Waals surface area (Å²) < 4.78 is 17.1. The number of para-hydroxylation sites is 2. The van der Waals surface area contributed by atoms with E-state index in [1.807, 2.05) is 83.5 Å². The Bertz CT molecular complexity index is 3480. The van der Waals surface area contributed by atoms with Crippen LogP contribution in [0.2, 0.25) is 0 Å². The van der Waals surface area contributed by atoms with Crippen molar-refractivity contribution in [1.82, 2.24) is 0 Å². The Hall–Kier alpha value is -8.17. The number of benzene rings is 10. The lowest BCUT2D eigenvalue weighted by molar-refractivity contribution is 0.593. The summed E-state index contributed by atoms with van der Waals surface area (Å²) in [4.78, 5) is 2.45. The summed E-state index contributed by atoms with van der Waals surface area (Å²) in [6.45, 7) is 4.69. The molecule has 0 radical (unpaired) electrons. The van der Waals surface area contributed by atoms with E-state index in [-0.39, 0.29) is 5.41 Å². The summed E-state index contributed by atoms with van der Waals surface area (Å²) in [7, 11) is -2.58. The first-order valence-electron chi connectivity index (χ1n) is 23.7. The van der Waals surface area contributed by atoms with E-state index < -0.39 is 13.4 Å². The van der Waals surface area contributed by atoms with Gasteiger partial charge in [0.15, 0.2) is 7.95 Å². The Morgan fingerprint density at radius 1 is 0.406 bits per heavy atom. The molecule has 0 saturated heterocycles. The molecule has 2 aliphatic carbocycles. The first-order valence-corrected chi connectivity index (χ1v) is 25.1. The van der Waals surface area contributed by atoms with E-state index >= 15 is 4.57 Å². The van der Waals surface area contributed by atoms with Crippen molar-refractivity contribution in [2.45, 2.75) is 24.7 Å². The van der Waals surface area contributed by atoms with E-state index in [0.717, 1.165) is 45.1 Å². The zero-order valence-corrected chi connectivity index (χ0v) is 39.6. The number of fused-ring (bicyclic) bond motifs is 6. The molecule has 10 aromatic carbocycles. The lowest BCUT2D eigenvalue weighted by Gasteiger charge is -2.35. The molecule has 0 spiro atoms. The largest absolute Gasteiger partial charge is 0.354 e. The van der Waals surface area contributed by atoms with Gasteiger partial charge >= 0.3 is 0 Å². The van der Waals surface area contributed by atoms with Crippen molar-refractivity contribution in [3.8, 4) is 22.3 Å². The number of anilines is 7. The monoisotopic (exact) mass is 907 g/mol. The minimum atomic E-state index is -2.58. The van der Waals surface area contributed by atoms with Crippen LogP contribution in [0.1, 0.15) is 47.2 Å². The van der Waals surface area contributed by atoms with Gasteiger partial charge in [-0.2, -0.15) is 0 Å². The van der Waals surface area contributed by atoms with Gasteiger partial charge in [0, 0.05) is 39.0 Å². The highest BCUT2D eigenvalue weighted by molar-refractivity contribution is 7.55. The second kappa shape index (κ2) is 17.2. The maximum atomic E-state index is 15.1. The lowest BCUT2D eigenvalue weighted by atomic mass is 9.67. The zero-order valence-electron chi connectivity index (χ0n) is 38.6. The molecule has 0 amide bonds. The Labute approximate surface area is 405 Å². The minimum Gasteiger partial charge on any atom is -0.354 e. The molecule has 2 aliphatic rings. The number of hydrogen-bond acceptors (Lipinski definition) is 3. The molecule has 1 atom stereocenters. The summed E-state index contributed by atoms with van der Waals surface area (Å²) in [6.07, 6.45) is 0. The molecule has 10 aromatic rings. The highest BCUT2D eigenvalue weighted by Crippen LogP contribution is 2.59. The normalized spacial score (nSPS) is 13.9. The van der Waals surface area contributed by atoms with Gasteiger partial charge in [-0.1, -0.05) is 196 Å². The molecule has 0 fully saturated rings. The molecule has 0 bridgehead atoms. The van der Waals surface area contributed by atoms with Crippen molar-refractivity contribution in [1.29, 1.82) is 0 Å². The van der Waals surface area contributed by atoms with Crippen LogP contribution in [0, 0.1) is 0 Å². The van der Waals surface area contributed by atoms with Crippen LogP contribution in [0.3, 0.4) is 0 Å². The average molecular weight is 908 g/mol. The molecule has 0 aromatic heterocycles. The van der Waals surface area contributed by atoms with Gasteiger partial charge in [0.2, 0.25) is 0 Å². The summed E-state index contributed by atoms with van der Waals surface area (Å²) in [5, 5.41) is 4.61. The van der Waals surface area contributed by atoms with Crippen molar-refractivity contribution >= 4 is 53.1 Å². The lowest BCUT2D eigenvalue weighted by Crippen LogP contribution is -2.28. The van der Waals surface area contributed by atoms with Crippen LogP contribution >= 0.6 is 7.95 Å². The van der Waals surface area contributed by atoms with Gasteiger partial charge < -0.3 is 10.2 Å². The van der Waals surface area contributed by atoms with Gasteiger partial charge in [-0.15, -0.1) is 0 Å². The number of hydrogen-bond donors (Lipinski definition) is 1. The topological polar surface area (TPSA) is 35.6 Å². The Balaban J connectivity index is 1.14. The van der Waals surface area contributed by atoms with Crippen LogP contribution in [0.15, 0.2) is 255 Å². The predicted octanol–water partition coefficient (Wildman–Crippen LogP) is 16.5. The average Bonchev–Trinajstić information content (AvgIpc) is 3.84. The molecule has 12 rings (SSSR count). The molecule has 69 heavy (non-hydrogen) atoms. The fourth-order valence-corrected chi connectivity index (χ4v) is 12.7. The summed E-state index contributed by atoms with van der Waals surface area (Å²) in [5.74, 6) is 0. The van der Waals surface area contributed by atoms with Crippen molar-refractivity contribution in [2.75, 3.05) is 14.9 Å². The standard InChI is InChI=1S/C64H50N3OP/c1-63(2)55-35-20-19-34-54(55)62-57(63)37-22-38-61(62)66(49-39-41-53-52-33-18-21-36-56(52)64(58(53)43-49,45-23-8-3-9-24-45)46-25-10-4-11-26-46)50-40-42-60(59(44-50)65-47-27-12-5-13-28-47)67(48-29-14-6-15-30-48)69(68)51-31-16-7-17-32-51/h3-44,65,69H,1-2H3. The van der Waals surface area contributed by atoms with Gasteiger partial charge in [-0.25, -0.2) is 0 Å². The molecule has 5 heteroatoms. The fourth-order valence-electron chi connectivity index (χ4n) is 11.2. The van der Waals surface area contributed by atoms with Crippen LogP contribution in [-0.4, -0.2) is 0 Å². The second-order valence-electron chi connectivity index (χ2n) is 18.5. The Kier molecular flexibility index (Phi) is 10.5. The molecule has 4 nitrogen and oxygen atoms in total. The maximum absolute atomic E-state index is 15.1. The quantitative estimate of drug-likeness (QED) is 0.131. The van der Waals surface area contributed by atoms with Crippen LogP contribution in [0.25, 0.3) is 22.3 Å². The molecule has 0 heterocycles. The van der Waals surface area contributed by atoms with Gasteiger partial charge in [0.1, 0.15) is 0 Å². The third-order valence-corrected chi connectivity index (χ3v) is 16.0. The van der Waals surface area contributed by atoms with E-state index in [1.165, 1.54) is 55.6 Å². The zero-order chi connectivity index (χ0) is 46.5. The van der Waals surface area contributed by atoms with Crippen LogP contribution in [0.5, 0.6) is 0 Å². The third kappa shape index (κ3) is 6.94. The predicted molar refractivity (Wildman–Crippen MR) is 289 cm³/mol. The van der Waals surface area contributed by atoms with Crippen LogP contribution < -0.4 is 20.2 Å². The van der Waals surface area contributed by atoms with E-state index in [4.69, 9.17) is 0 Å². The number of nitrogens with one attached hydrogen (secondary N) is 1. The van der Waals surface area contributed by atoms with Crippen molar-refractivity contribution in [3.63, 3.8) is 0 Å². The van der Waals surface area contributed by atoms with Gasteiger partial charge in [0.25, 0.3) is 0 Å². The van der Waals surface area contributed by atoms with E-state index in [2.05, 4.69) is 200 Å². The fraction of sp³-hybridized carbons (Fsp3) is 0.0625. The van der Waals surface area contributed by atoms with Crippen LogP contribution in [0.4, 0.5) is 39.8 Å². The minimum absolute atomic E-state index is 0.215. The summed E-state index contributed by atoms with van der Waals surface area (Å²) >= 11 is 0. The molecule has 1 unspecified atom stereocenters. The van der Waals surface area contributed by atoms with Crippen molar-refractivity contribution in [2.24, 2.45) is 0 Å². The first kappa shape index (κ1) is 42.2. The third-order valence-electron chi connectivity index (χ3n) is 14.3. The van der Waals surface area contributed by atoms with Crippen LogP contribution in [-0.2, 0) is 15.4 Å². The van der Waals surface area contributed by atoms with E-state index in [9.17, 15) is 0 Å². The summed E-state index contributed by atoms with van der Waals surface area (Å²) in [6, 6.07) is 90.5. The second-order valence-corrected chi connectivity index (χ2v) is 20.1. The molecule has 0 saturated carbocycles. The van der Waals surface area contributed by atoms with Gasteiger partial charge in [0.05, 0.1) is 22.5 Å². The van der Waals surface area contributed by atoms with Crippen molar-refractivity contribution < 1.29 is 4.57 Å². The SMILES string of the molecule is CC1(C)c2ccccc2-c2c(N(c3ccc(N(c4ccccc4)[PH](=O)c4ccccc4)c(Nc4ccccc4)c3)c3ccc4c(c3)C(c3ccccc3)(c3ccccc3)c3ccccc3-4)cccc21. The maximum Gasteiger partial charge on any atom is 0.193 e. The first-order chi connectivity index (χ1) is 33.9. The number of nitrogens with zero attached hydrogens (tertiary/aromatic N) is 2. The molecule has 332 valence electrons. The van der Waals surface area contributed by atoms with Gasteiger partial charge in [-0.3, -0.25) is 9.24 Å². The van der Waals surface area contributed by atoms with E-state index in [1.54, 1.807) is 0 Å². The highest BCUT2D eigenvalue weighted by atomic mass is 31.1. The summed E-state index contributed by atoms with van der Waals surface area (Å²) in [5.41, 5.74) is 18.1. The molecule has 1 N–H and O–H groups in total. The Morgan fingerprint density at radius 2 is 0.928 bits per heavy atom. The van der Waals surface area contributed by atoms with Gasteiger partial charge in [-0.05, 0) is 123 Å². The van der Waals surface area contributed by atoms with E-state index in [0.29, 0.717) is 0 Å². The highest BCUT2D eigenvalue weighted by Gasteiger charge is 2.46. The molecular formula is C64H50N3OP. The molecular weight excluding hydrogens is 858 g/mol. The van der Waals surface area contributed by atoms with Crippen molar-refractivity contribution in [3.05, 3.63) is 288 Å². The Morgan fingerprint density at radius 3 is 1.61 bits per heavy atom. The number of rotatable bonds is 11.